The predicted octanol–water partition coefficient (Wildman–Crippen LogP) is 4.92. The molecule has 32 heavy (non-hydrogen) atoms. The van der Waals surface area contributed by atoms with Crippen molar-refractivity contribution in [2.75, 3.05) is 11.3 Å². The number of sulfonamides is 1. The van der Waals surface area contributed by atoms with E-state index >= 15 is 0 Å². The summed E-state index contributed by atoms with van der Waals surface area (Å²) in [6.07, 6.45) is 0.643. The Kier molecular flexibility index (Phi) is 6.23. The Labute approximate surface area is 188 Å². The van der Waals surface area contributed by atoms with Gasteiger partial charge < -0.3 is 5.32 Å². The minimum absolute atomic E-state index is 0.113. The number of carbonyl (C=O) groups excluding carboxylic acids is 1. The van der Waals surface area contributed by atoms with Crippen molar-refractivity contribution in [3.63, 3.8) is 0 Å². The van der Waals surface area contributed by atoms with Crippen molar-refractivity contribution in [1.82, 2.24) is 5.32 Å². The van der Waals surface area contributed by atoms with E-state index in [0.29, 0.717) is 24.2 Å². The van der Waals surface area contributed by atoms with Crippen molar-refractivity contribution in [3.8, 4) is 0 Å². The molecule has 0 saturated heterocycles. The van der Waals surface area contributed by atoms with E-state index in [1.165, 1.54) is 0 Å². The normalized spacial score (nSPS) is 11.3. The van der Waals surface area contributed by atoms with E-state index in [9.17, 15) is 13.2 Å². The lowest BCUT2D eigenvalue weighted by atomic mass is 10.1. The lowest BCUT2D eigenvalue weighted by Gasteiger charge is -2.10. The van der Waals surface area contributed by atoms with Gasteiger partial charge in [0.2, 0.25) is 0 Å². The fourth-order valence-electron chi connectivity index (χ4n) is 3.42. The summed E-state index contributed by atoms with van der Waals surface area (Å²) in [6.45, 7) is 2.40. The average molecular weight is 445 g/mol. The van der Waals surface area contributed by atoms with Crippen LogP contribution in [0.1, 0.15) is 21.5 Å². The summed E-state index contributed by atoms with van der Waals surface area (Å²) in [4.78, 5) is 12.7. The molecule has 0 aliphatic rings. The van der Waals surface area contributed by atoms with E-state index < -0.39 is 10.0 Å². The van der Waals surface area contributed by atoms with Crippen LogP contribution >= 0.6 is 0 Å². The molecule has 4 aromatic rings. The van der Waals surface area contributed by atoms with Crippen LogP contribution in [-0.4, -0.2) is 20.9 Å². The van der Waals surface area contributed by atoms with E-state index in [-0.39, 0.29) is 10.8 Å². The van der Waals surface area contributed by atoms with Crippen LogP contribution in [0.5, 0.6) is 0 Å². The number of hydrogen-bond donors (Lipinski definition) is 2. The van der Waals surface area contributed by atoms with Crippen molar-refractivity contribution in [1.29, 1.82) is 0 Å². The Hall–Kier alpha value is -3.64. The molecular formula is C26H24N2O3S. The molecule has 1 amide bonds. The Morgan fingerprint density at radius 1 is 0.812 bits per heavy atom. The van der Waals surface area contributed by atoms with Gasteiger partial charge in [0.05, 0.1) is 4.90 Å². The highest BCUT2D eigenvalue weighted by atomic mass is 32.2. The van der Waals surface area contributed by atoms with Crippen molar-refractivity contribution in [2.45, 2.75) is 18.2 Å². The molecule has 4 aromatic carbocycles. The lowest BCUT2D eigenvalue weighted by molar-refractivity contribution is 0.0954. The standard InChI is InChI=1S/C26H24N2O3S/c1-19-6-14-25(15-7-19)32(30,31)28-24-12-8-20(9-13-24)16-17-27-26(29)23-11-10-21-4-2-3-5-22(21)18-23/h2-15,18,28H,16-17H2,1H3,(H,27,29). The largest absolute Gasteiger partial charge is 0.352 e. The molecule has 0 spiro atoms. The van der Waals surface area contributed by atoms with Crippen LogP contribution in [0.4, 0.5) is 5.69 Å². The summed E-state index contributed by atoms with van der Waals surface area (Å²) in [5, 5.41) is 5.07. The molecule has 0 radical (unpaired) electrons. The second-order valence-corrected chi connectivity index (χ2v) is 9.37. The van der Waals surface area contributed by atoms with Crippen LogP contribution in [0.2, 0.25) is 0 Å². The summed E-state index contributed by atoms with van der Waals surface area (Å²) < 4.78 is 27.6. The number of hydrogen-bond acceptors (Lipinski definition) is 3. The van der Waals surface area contributed by atoms with Gasteiger partial charge in [-0.05, 0) is 66.1 Å². The zero-order valence-corrected chi connectivity index (χ0v) is 18.5. The fourth-order valence-corrected chi connectivity index (χ4v) is 4.48. The number of rotatable bonds is 7. The molecule has 0 aromatic heterocycles. The summed E-state index contributed by atoms with van der Waals surface area (Å²) in [7, 11) is -3.62. The maximum atomic E-state index is 12.5. The maximum Gasteiger partial charge on any atom is 0.261 e. The molecule has 0 aliphatic carbocycles. The quantitative estimate of drug-likeness (QED) is 0.425. The predicted molar refractivity (Wildman–Crippen MR) is 128 cm³/mol. The highest BCUT2D eigenvalue weighted by Gasteiger charge is 2.13. The second kappa shape index (κ2) is 9.24. The van der Waals surface area contributed by atoms with Crippen molar-refractivity contribution < 1.29 is 13.2 Å². The topological polar surface area (TPSA) is 75.3 Å². The van der Waals surface area contributed by atoms with Crippen molar-refractivity contribution in [3.05, 3.63) is 108 Å². The molecule has 4 rings (SSSR count). The Morgan fingerprint density at radius 2 is 1.50 bits per heavy atom. The van der Waals surface area contributed by atoms with Crippen molar-refractivity contribution >= 4 is 32.4 Å². The zero-order valence-electron chi connectivity index (χ0n) is 17.7. The van der Waals surface area contributed by atoms with Gasteiger partial charge in [0.25, 0.3) is 15.9 Å². The third-order valence-corrected chi connectivity index (χ3v) is 6.65. The third-order valence-electron chi connectivity index (χ3n) is 5.25. The van der Waals surface area contributed by atoms with Gasteiger partial charge >= 0.3 is 0 Å². The van der Waals surface area contributed by atoms with E-state index in [1.807, 2.05) is 61.5 Å². The van der Waals surface area contributed by atoms with Crippen LogP contribution in [0.15, 0.2) is 95.9 Å². The molecular weight excluding hydrogens is 420 g/mol. The number of carbonyl (C=O) groups is 1. The Balaban J connectivity index is 1.32. The number of benzene rings is 4. The van der Waals surface area contributed by atoms with Gasteiger partial charge in [0.15, 0.2) is 0 Å². The molecule has 0 bridgehead atoms. The van der Waals surface area contributed by atoms with E-state index in [2.05, 4.69) is 10.0 Å². The maximum absolute atomic E-state index is 12.5. The summed E-state index contributed by atoms with van der Waals surface area (Å²) in [6, 6.07) is 27.5. The smallest absolute Gasteiger partial charge is 0.261 e. The molecule has 2 N–H and O–H groups in total. The van der Waals surface area contributed by atoms with E-state index in [4.69, 9.17) is 0 Å². The van der Waals surface area contributed by atoms with Crippen LogP contribution < -0.4 is 10.0 Å². The first-order valence-electron chi connectivity index (χ1n) is 10.4. The molecule has 162 valence electrons. The van der Waals surface area contributed by atoms with Gasteiger partial charge in [-0.1, -0.05) is 60.2 Å². The summed E-state index contributed by atoms with van der Waals surface area (Å²) >= 11 is 0. The Bertz CT molecular complexity index is 1350. The monoisotopic (exact) mass is 444 g/mol. The van der Waals surface area contributed by atoms with Gasteiger partial charge in [-0.2, -0.15) is 0 Å². The molecule has 0 atom stereocenters. The molecule has 0 unspecified atom stereocenters. The molecule has 0 aliphatic heterocycles. The fraction of sp³-hybridized carbons (Fsp3) is 0.115. The minimum atomic E-state index is -3.62. The van der Waals surface area contributed by atoms with Crippen LogP contribution in [0, 0.1) is 6.92 Å². The highest BCUT2D eigenvalue weighted by Crippen LogP contribution is 2.18. The number of amides is 1. The van der Waals surface area contributed by atoms with Gasteiger partial charge in [-0.3, -0.25) is 9.52 Å². The average Bonchev–Trinajstić information content (AvgIpc) is 2.80. The third kappa shape index (κ3) is 5.15. The lowest BCUT2D eigenvalue weighted by Crippen LogP contribution is -2.25. The number of nitrogens with one attached hydrogen (secondary N) is 2. The van der Waals surface area contributed by atoms with Crippen LogP contribution in [0.25, 0.3) is 10.8 Å². The van der Waals surface area contributed by atoms with Crippen LogP contribution in [0.3, 0.4) is 0 Å². The first-order valence-corrected chi connectivity index (χ1v) is 11.8. The molecule has 6 heteroatoms. The van der Waals surface area contributed by atoms with E-state index in [0.717, 1.165) is 21.9 Å². The first kappa shape index (κ1) is 21.6. The molecule has 0 saturated carbocycles. The minimum Gasteiger partial charge on any atom is -0.352 e. The Morgan fingerprint density at radius 3 is 2.22 bits per heavy atom. The number of fused-ring (bicyclic) bond motifs is 1. The highest BCUT2D eigenvalue weighted by molar-refractivity contribution is 7.92. The van der Waals surface area contributed by atoms with Gasteiger partial charge in [0, 0.05) is 17.8 Å². The SMILES string of the molecule is Cc1ccc(S(=O)(=O)Nc2ccc(CCNC(=O)c3ccc4ccccc4c3)cc2)cc1. The second-order valence-electron chi connectivity index (χ2n) is 7.68. The molecule has 0 fully saturated rings. The first-order chi connectivity index (χ1) is 15.4. The summed E-state index contributed by atoms with van der Waals surface area (Å²) in [5.41, 5.74) is 3.13. The summed E-state index contributed by atoms with van der Waals surface area (Å²) in [5.74, 6) is -0.113. The molecule has 0 heterocycles. The zero-order chi connectivity index (χ0) is 22.6. The number of aryl methyl sites for hydroxylation is 1. The molecule has 5 nitrogen and oxygen atoms in total. The van der Waals surface area contributed by atoms with Crippen molar-refractivity contribution in [2.24, 2.45) is 0 Å². The van der Waals surface area contributed by atoms with Gasteiger partial charge in [-0.15, -0.1) is 0 Å². The number of anilines is 1. The van der Waals surface area contributed by atoms with E-state index in [1.54, 1.807) is 36.4 Å². The van der Waals surface area contributed by atoms with Crippen LogP contribution in [-0.2, 0) is 16.4 Å². The van der Waals surface area contributed by atoms with Gasteiger partial charge in [-0.25, -0.2) is 8.42 Å². The van der Waals surface area contributed by atoms with Gasteiger partial charge in [0.1, 0.15) is 0 Å².